The molecule has 2 aliphatic rings. The van der Waals surface area contributed by atoms with E-state index in [-0.39, 0.29) is 24.4 Å². The van der Waals surface area contributed by atoms with Crippen molar-refractivity contribution in [3.05, 3.63) is 0 Å². The van der Waals surface area contributed by atoms with Crippen LogP contribution < -0.4 is 11.1 Å². The maximum absolute atomic E-state index is 11.8. The molecule has 2 atom stereocenters. The Hall–Kier alpha value is -0.360. The summed E-state index contributed by atoms with van der Waals surface area (Å²) >= 11 is 0. The van der Waals surface area contributed by atoms with Gasteiger partial charge in [-0.15, -0.1) is 12.4 Å². The van der Waals surface area contributed by atoms with Gasteiger partial charge in [0.05, 0.1) is 12.6 Å². The molecule has 19 heavy (non-hydrogen) atoms. The van der Waals surface area contributed by atoms with Crippen LogP contribution in [-0.2, 0) is 9.53 Å². The number of amides is 1. The third-order valence-corrected chi connectivity index (χ3v) is 3.92. The molecule has 3 N–H and O–H groups in total. The van der Waals surface area contributed by atoms with Crippen molar-refractivity contribution in [1.29, 1.82) is 0 Å². The van der Waals surface area contributed by atoms with E-state index in [9.17, 15) is 4.79 Å². The number of nitrogens with zero attached hydrogens (tertiary/aromatic N) is 1. The van der Waals surface area contributed by atoms with Crippen molar-refractivity contribution in [3.63, 3.8) is 0 Å². The molecule has 2 fully saturated rings. The zero-order valence-corrected chi connectivity index (χ0v) is 12.5. The summed E-state index contributed by atoms with van der Waals surface area (Å²) in [6, 6.07) is 0.360. The van der Waals surface area contributed by atoms with Gasteiger partial charge >= 0.3 is 0 Å². The summed E-state index contributed by atoms with van der Waals surface area (Å²) in [6.07, 6.45) is 4.89. The maximum atomic E-state index is 11.8. The van der Waals surface area contributed by atoms with Crippen LogP contribution in [0.5, 0.6) is 0 Å². The Bertz CT molecular complexity index is 281. The number of rotatable bonds is 7. The van der Waals surface area contributed by atoms with Crippen LogP contribution in [0.2, 0.25) is 0 Å². The molecule has 1 heterocycles. The van der Waals surface area contributed by atoms with Gasteiger partial charge in [-0.2, -0.15) is 0 Å². The first-order valence-corrected chi connectivity index (χ1v) is 6.99. The van der Waals surface area contributed by atoms with Gasteiger partial charge < -0.3 is 15.8 Å². The molecular formula is C13H26ClN3O2. The molecule has 1 saturated heterocycles. The van der Waals surface area contributed by atoms with Crippen molar-refractivity contribution in [1.82, 2.24) is 10.2 Å². The Balaban J connectivity index is 0.00000180. The monoisotopic (exact) mass is 291 g/mol. The van der Waals surface area contributed by atoms with E-state index < -0.39 is 0 Å². The van der Waals surface area contributed by atoms with E-state index in [0.717, 1.165) is 19.4 Å². The average Bonchev–Trinajstić information content (AvgIpc) is 3.03. The molecule has 1 aliphatic heterocycles. The van der Waals surface area contributed by atoms with E-state index in [2.05, 4.69) is 10.2 Å². The lowest BCUT2D eigenvalue weighted by Gasteiger charge is -2.26. The first kappa shape index (κ1) is 16.7. The van der Waals surface area contributed by atoms with Gasteiger partial charge in [-0.25, -0.2) is 0 Å². The van der Waals surface area contributed by atoms with Crippen molar-refractivity contribution in [3.8, 4) is 0 Å². The van der Waals surface area contributed by atoms with Gasteiger partial charge in [0.15, 0.2) is 0 Å². The molecule has 6 heteroatoms. The van der Waals surface area contributed by atoms with Gasteiger partial charge in [-0.3, -0.25) is 9.69 Å². The number of halogens is 1. The minimum Gasteiger partial charge on any atom is -0.376 e. The lowest BCUT2D eigenvalue weighted by molar-refractivity contribution is -0.123. The second-order valence-corrected chi connectivity index (χ2v) is 5.49. The average molecular weight is 292 g/mol. The Morgan fingerprint density at radius 3 is 2.74 bits per heavy atom. The summed E-state index contributed by atoms with van der Waals surface area (Å²) in [6.45, 7) is 2.55. The number of carbonyl (C=O) groups is 1. The molecule has 0 bridgehead atoms. The van der Waals surface area contributed by atoms with Crippen LogP contribution in [0.3, 0.4) is 0 Å². The van der Waals surface area contributed by atoms with Crippen LogP contribution in [0, 0.1) is 5.92 Å². The molecule has 1 amide bonds. The fourth-order valence-corrected chi connectivity index (χ4v) is 2.65. The van der Waals surface area contributed by atoms with Crippen LogP contribution in [0.15, 0.2) is 0 Å². The number of likely N-dealkylation sites (N-methyl/N-ethyl adjacent to an activating group) is 1. The third-order valence-electron chi connectivity index (χ3n) is 3.92. The Kier molecular flexibility index (Phi) is 7.07. The van der Waals surface area contributed by atoms with E-state index in [4.69, 9.17) is 10.5 Å². The van der Waals surface area contributed by atoms with Gasteiger partial charge in [-0.1, -0.05) is 0 Å². The number of nitrogens with two attached hydrogens (primary N) is 1. The zero-order valence-electron chi connectivity index (χ0n) is 11.6. The lowest BCUT2D eigenvalue weighted by Crippen LogP contribution is -2.46. The highest BCUT2D eigenvalue weighted by molar-refractivity contribution is 5.85. The lowest BCUT2D eigenvalue weighted by atomic mass is 10.1. The minimum absolute atomic E-state index is 0. The van der Waals surface area contributed by atoms with Gasteiger partial charge in [0.1, 0.15) is 0 Å². The number of hydrogen-bond acceptors (Lipinski definition) is 4. The number of hydrogen-bond donors (Lipinski definition) is 2. The van der Waals surface area contributed by atoms with Gasteiger partial charge in [0, 0.05) is 25.7 Å². The number of nitrogens with one attached hydrogen (secondary N) is 1. The standard InChI is InChI=1S/C13H25N3O2.ClH/c1-16(12(7-14)10-4-5-10)9-13(17)15-8-11-3-2-6-18-11;/h10-12H,2-9,14H2,1H3,(H,15,17);1H. The summed E-state index contributed by atoms with van der Waals surface area (Å²) in [5.74, 6) is 0.776. The smallest absolute Gasteiger partial charge is 0.234 e. The molecule has 5 nitrogen and oxygen atoms in total. The summed E-state index contributed by atoms with van der Waals surface area (Å²) in [5.41, 5.74) is 5.77. The molecule has 1 aliphatic carbocycles. The van der Waals surface area contributed by atoms with Crippen molar-refractivity contribution in [2.24, 2.45) is 11.7 Å². The predicted octanol–water partition coefficient (Wildman–Crippen LogP) is 0.373. The topological polar surface area (TPSA) is 67.6 Å². The minimum atomic E-state index is 0. The van der Waals surface area contributed by atoms with Crippen molar-refractivity contribution in [2.75, 3.05) is 33.3 Å². The Morgan fingerprint density at radius 1 is 1.47 bits per heavy atom. The van der Waals surface area contributed by atoms with E-state index in [1.165, 1.54) is 12.8 Å². The highest BCUT2D eigenvalue weighted by Crippen LogP contribution is 2.34. The SMILES string of the molecule is CN(CC(=O)NCC1CCCO1)C(CN)C1CC1.Cl. The van der Waals surface area contributed by atoms with E-state index in [0.29, 0.717) is 31.6 Å². The first-order chi connectivity index (χ1) is 8.70. The summed E-state index contributed by atoms with van der Waals surface area (Å²) in [7, 11) is 1.99. The van der Waals surface area contributed by atoms with Gasteiger partial charge in [-0.05, 0) is 38.6 Å². The van der Waals surface area contributed by atoms with Crippen LogP contribution in [0.1, 0.15) is 25.7 Å². The zero-order chi connectivity index (χ0) is 13.0. The Morgan fingerprint density at radius 2 is 2.21 bits per heavy atom. The van der Waals surface area contributed by atoms with Crippen LogP contribution >= 0.6 is 12.4 Å². The first-order valence-electron chi connectivity index (χ1n) is 6.99. The summed E-state index contributed by atoms with van der Waals surface area (Å²) < 4.78 is 5.48. The highest BCUT2D eigenvalue weighted by atomic mass is 35.5. The Labute approximate surface area is 121 Å². The van der Waals surface area contributed by atoms with E-state index in [1.807, 2.05) is 7.05 Å². The second-order valence-electron chi connectivity index (χ2n) is 5.49. The maximum Gasteiger partial charge on any atom is 0.234 e. The highest BCUT2D eigenvalue weighted by Gasteiger charge is 2.33. The molecule has 1 saturated carbocycles. The second kappa shape index (κ2) is 8.04. The third kappa shape index (κ3) is 5.26. The number of carbonyl (C=O) groups excluding carboxylic acids is 1. The van der Waals surface area contributed by atoms with Crippen molar-refractivity contribution < 1.29 is 9.53 Å². The predicted molar refractivity (Wildman–Crippen MR) is 77.4 cm³/mol. The summed E-state index contributed by atoms with van der Waals surface area (Å²) in [4.78, 5) is 13.9. The van der Waals surface area contributed by atoms with Crippen molar-refractivity contribution >= 4 is 18.3 Å². The molecule has 0 aromatic carbocycles. The fraction of sp³-hybridized carbons (Fsp3) is 0.923. The van der Waals surface area contributed by atoms with E-state index >= 15 is 0 Å². The van der Waals surface area contributed by atoms with Crippen LogP contribution in [-0.4, -0.2) is 56.2 Å². The van der Waals surface area contributed by atoms with Gasteiger partial charge in [0.2, 0.25) is 5.91 Å². The van der Waals surface area contributed by atoms with Crippen LogP contribution in [0.4, 0.5) is 0 Å². The molecule has 0 radical (unpaired) electrons. The molecule has 112 valence electrons. The molecule has 2 unspecified atom stereocenters. The molecule has 0 spiro atoms. The van der Waals surface area contributed by atoms with E-state index in [1.54, 1.807) is 0 Å². The summed E-state index contributed by atoms with van der Waals surface area (Å²) in [5, 5.41) is 2.95. The molecular weight excluding hydrogens is 266 g/mol. The molecule has 2 rings (SSSR count). The molecule has 0 aromatic rings. The fourth-order valence-electron chi connectivity index (χ4n) is 2.65. The molecule has 0 aromatic heterocycles. The largest absolute Gasteiger partial charge is 0.376 e. The van der Waals surface area contributed by atoms with Crippen LogP contribution in [0.25, 0.3) is 0 Å². The number of ether oxygens (including phenoxy) is 1. The normalized spacial score (nSPS) is 24.1. The quantitative estimate of drug-likeness (QED) is 0.711. The van der Waals surface area contributed by atoms with Gasteiger partial charge in [0.25, 0.3) is 0 Å². The van der Waals surface area contributed by atoms with Crippen molar-refractivity contribution in [2.45, 2.75) is 37.8 Å².